The average Bonchev–Trinajstić information content (AvgIpc) is 3.44. The number of benzene rings is 2. The lowest BCUT2D eigenvalue weighted by Crippen LogP contribution is -2.39. The third-order valence-corrected chi connectivity index (χ3v) is 6.36. The molecule has 0 spiro atoms. The minimum Gasteiger partial charge on any atom is -0.358 e. The predicted octanol–water partition coefficient (Wildman–Crippen LogP) is 6.11. The van der Waals surface area contributed by atoms with E-state index in [9.17, 15) is 4.79 Å². The first-order valence-electron chi connectivity index (χ1n) is 12.5. The highest BCUT2D eigenvalue weighted by molar-refractivity contribution is 6.30. The maximum absolute atomic E-state index is 13.3. The lowest BCUT2D eigenvalue weighted by molar-refractivity contribution is -0.122. The van der Waals surface area contributed by atoms with Gasteiger partial charge in [-0.25, -0.2) is 4.98 Å². The highest BCUT2D eigenvalue weighted by atomic mass is 35.5. The summed E-state index contributed by atoms with van der Waals surface area (Å²) in [6.07, 6.45) is 6.69. The molecule has 1 atom stereocenters. The first kappa shape index (κ1) is 27.4. The molecule has 38 heavy (non-hydrogen) atoms. The van der Waals surface area contributed by atoms with Crippen LogP contribution in [-0.4, -0.2) is 31.5 Å². The molecule has 0 fully saturated rings. The zero-order valence-electron chi connectivity index (χ0n) is 21.4. The Morgan fingerprint density at radius 1 is 0.947 bits per heavy atom. The van der Waals surface area contributed by atoms with Gasteiger partial charge in [0, 0.05) is 41.6 Å². The highest BCUT2D eigenvalue weighted by Gasteiger charge is 2.20. The number of imidazole rings is 1. The van der Waals surface area contributed by atoms with Crippen LogP contribution in [0, 0.1) is 5.92 Å². The van der Waals surface area contributed by atoms with E-state index in [1.54, 1.807) is 23.2 Å². The molecule has 0 saturated heterocycles. The molecule has 1 amide bonds. The lowest BCUT2D eigenvalue weighted by Gasteiger charge is -2.21. The summed E-state index contributed by atoms with van der Waals surface area (Å²) in [5.41, 5.74) is 1.97. The average molecular weight is 553 g/mol. The smallest absolute Gasteiger partial charge is 0.242 e. The van der Waals surface area contributed by atoms with Crippen LogP contribution < -0.4 is 16.0 Å². The second-order valence-electron chi connectivity index (χ2n) is 9.40. The molecule has 0 aliphatic carbocycles. The van der Waals surface area contributed by atoms with Crippen LogP contribution >= 0.6 is 23.2 Å². The van der Waals surface area contributed by atoms with Crippen molar-refractivity contribution >= 4 is 40.9 Å². The van der Waals surface area contributed by atoms with Gasteiger partial charge in [0.1, 0.15) is 24.0 Å². The van der Waals surface area contributed by atoms with Crippen LogP contribution in [0.1, 0.15) is 37.8 Å². The van der Waals surface area contributed by atoms with Gasteiger partial charge in [-0.2, -0.15) is 9.97 Å². The van der Waals surface area contributed by atoms with Gasteiger partial charge in [0.15, 0.2) is 0 Å². The number of hydrogen-bond donors (Lipinski definition) is 3. The lowest BCUT2D eigenvalue weighted by atomic mass is 10.0. The van der Waals surface area contributed by atoms with E-state index < -0.39 is 6.04 Å². The second-order valence-corrected chi connectivity index (χ2v) is 10.3. The monoisotopic (exact) mass is 551 g/mol. The van der Waals surface area contributed by atoms with Gasteiger partial charge < -0.3 is 16.0 Å². The van der Waals surface area contributed by atoms with Crippen molar-refractivity contribution in [2.24, 2.45) is 5.92 Å². The largest absolute Gasteiger partial charge is 0.358 e. The zero-order valence-corrected chi connectivity index (χ0v) is 22.9. The number of carbonyl (C=O) groups is 1. The minimum absolute atomic E-state index is 0.100. The summed E-state index contributed by atoms with van der Waals surface area (Å²) >= 11 is 12.1. The van der Waals surface area contributed by atoms with E-state index in [1.807, 2.05) is 54.7 Å². The van der Waals surface area contributed by atoms with Crippen LogP contribution in [-0.2, 0) is 17.9 Å². The van der Waals surface area contributed by atoms with Crippen molar-refractivity contribution in [1.29, 1.82) is 0 Å². The predicted molar refractivity (Wildman–Crippen MR) is 153 cm³/mol. The van der Waals surface area contributed by atoms with Gasteiger partial charge in [-0.05, 0) is 54.2 Å². The minimum atomic E-state index is -0.476. The number of aromatic nitrogens is 4. The summed E-state index contributed by atoms with van der Waals surface area (Å²) < 4.78 is 1.79. The molecule has 2 aromatic heterocycles. The molecule has 0 aliphatic rings. The van der Waals surface area contributed by atoms with Crippen LogP contribution in [0.5, 0.6) is 0 Å². The Hall–Kier alpha value is -3.62. The highest BCUT2D eigenvalue weighted by Crippen LogP contribution is 2.19. The molecule has 4 rings (SSSR count). The van der Waals surface area contributed by atoms with Crippen molar-refractivity contribution in [1.82, 2.24) is 24.8 Å². The Labute approximate surface area is 232 Å². The van der Waals surface area contributed by atoms with Crippen molar-refractivity contribution in [3.05, 3.63) is 94.5 Å². The summed E-state index contributed by atoms with van der Waals surface area (Å²) in [6, 6.07) is 16.4. The van der Waals surface area contributed by atoms with Crippen molar-refractivity contribution in [2.45, 2.75) is 45.8 Å². The van der Waals surface area contributed by atoms with E-state index in [-0.39, 0.29) is 5.91 Å². The standard InChI is InChI=1S/C28H31Cl2N7O/c1-19(2)6-11-24(27(38)32-16-20-7-9-22(29)10-8-20)34-25-15-26(37-13-12-31-18-37)36-28(35-25)33-17-21-4-3-5-23(30)14-21/h3-5,7-10,12-15,18-19,24H,6,11,16-17H2,1-2H3,(H,32,38)(H2,33,34,35,36). The number of amides is 1. The molecule has 0 aliphatic heterocycles. The van der Waals surface area contributed by atoms with Crippen LogP contribution in [0.25, 0.3) is 5.82 Å². The van der Waals surface area contributed by atoms with Crippen molar-refractivity contribution in [2.75, 3.05) is 10.6 Å². The molecular formula is C28H31Cl2N7O. The fourth-order valence-electron chi connectivity index (χ4n) is 3.80. The normalized spacial score (nSPS) is 11.8. The number of hydrogen-bond acceptors (Lipinski definition) is 6. The molecule has 4 aromatic rings. The van der Waals surface area contributed by atoms with Crippen LogP contribution in [0.15, 0.2) is 73.3 Å². The summed E-state index contributed by atoms with van der Waals surface area (Å²) in [7, 11) is 0. The van der Waals surface area contributed by atoms with E-state index in [2.05, 4.69) is 44.7 Å². The number of halogens is 2. The second kappa shape index (κ2) is 13.3. The quantitative estimate of drug-likeness (QED) is 0.196. The van der Waals surface area contributed by atoms with E-state index in [1.165, 1.54) is 0 Å². The number of rotatable bonds is 12. The number of anilines is 2. The van der Waals surface area contributed by atoms with Gasteiger partial charge in [-0.15, -0.1) is 0 Å². The summed E-state index contributed by atoms with van der Waals surface area (Å²) in [5.74, 6) is 1.93. The fraction of sp³-hybridized carbons (Fsp3) is 0.286. The fourth-order valence-corrected chi connectivity index (χ4v) is 4.14. The Kier molecular flexibility index (Phi) is 9.56. The van der Waals surface area contributed by atoms with E-state index in [0.717, 1.165) is 17.5 Å². The maximum atomic E-state index is 13.3. The van der Waals surface area contributed by atoms with Gasteiger partial charge in [0.2, 0.25) is 11.9 Å². The Bertz CT molecular complexity index is 1330. The number of nitrogens with one attached hydrogen (secondary N) is 3. The Morgan fingerprint density at radius 2 is 1.76 bits per heavy atom. The van der Waals surface area contributed by atoms with Crippen molar-refractivity contribution < 1.29 is 4.79 Å². The molecule has 3 N–H and O–H groups in total. The van der Waals surface area contributed by atoms with Gasteiger partial charge >= 0.3 is 0 Å². The third kappa shape index (κ3) is 8.19. The molecule has 2 heterocycles. The zero-order chi connectivity index (χ0) is 26.9. The first-order chi connectivity index (χ1) is 18.4. The first-order valence-corrected chi connectivity index (χ1v) is 13.3. The Morgan fingerprint density at radius 3 is 2.47 bits per heavy atom. The molecule has 0 saturated carbocycles. The van der Waals surface area contributed by atoms with Gasteiger partial charge in [-0.1, -0.05) is 61.3 Å². The number of nitrogens with zero attached hydrogens (tertiary/aromatic N) is 4. The molecule has 2 aromatic carbocycles. The SMILES string of the molecule is CC(C)CCC(Nc1cc(-n2ccnc2)nc(NCc2cccc(Cl)c2)n1)C(=O)NCc1ccc(Cl)cc1. The molecule has 0 radical (unpaired) electrons. The number of carbonyl (C=O) groups excluding carboxylic acids is 1. The van der Waals surface area contributed by atoms with E-state index in [0.29, 0.717) is 53.1 Å². The summed E-state index contributed by atoms with van der Waals surface area (Å²) in [6.45, 7) is 5.18. The topological polar surface area (TPSA) is 96.8 Å². The Balaban J connectivity index is 1.53. The molecule has 1 unspecified atom stereocenters. The maximum Gasteiger partial charge on any atom is 0.242 e. The molecular weight excluding hydrogens is 521 g/mol. The summed E-state index contributed by atoms with van der Waals surface area (Å²) in [5, 5.41) is 11.0. The summed E-state index contributed by atoms with van der Waals surface area (Å²) in [4.78, 5) is 26.7. The molecule has 10 heteroatoms. The molecule has 198 valence electrons. The van der Waals surface area contributed by atoms with Gasteiger partial charge in [0.25, 0.3) is 0 Å². The van der Waals surface area contributed by atoms with Crippen LogP contribution in [0.4, 0.5) is 11.8 Å². The van der Waals surface area contributed by atoms with Gasteiger partial charge in [0.05, 0.1) is 0 Å². The molecule has 8 nitrogen and oxygen atoms in total. The van der Waals surface area contributed by atoms with Crippen LogP contribution in [0.2, 0.25) is 10.0 Å². The third-order valence-electron chi connectivity index (χ3n) is 5.87. The van der Waals surface area contributed by atoms with E-state index in [4.69, 9.17) is 23.2 Å². The van der Waals surface area contributed by atoms with E-state index >= 15 is 0 Å². The van der Waals surface area contributed by atoms with Crippen molar-refractivity contribution in [3.63, 3.8) is 0 Å². The molecule has 0 bridgehead atoms. The van der Waals surface area contributed by atoms with Crippen LogP contribution in [0.3, 0.4) is 0 Å². The van der Waals surface area contributed by atoms with Crippen molar-refractivity contribution in [3.8, 4) is 5.82 Å². The van der Waals surface area contributed by atoms with Gasteiger partial charge in [-0.3, -0.25) is 9.36 Å².